The fourth-order valence-corrected chi connectivity index (χ4v) is 9.31. The van der Waals surface area contributed by atoms with Crippen molar-refractivity contribution >= 4 is 21.6 Å². The summed E-state index contributed by atoms with van der Waals surface area (Å²) in [7, 11) is 3.77. The van der Waals surface area contributed by atoms with Crippen LogP contribution in [0.25, 0.3) is 0 Å². The zero-order valence-electron chi connectivity index (χ0n) is 33.8. The highest BCUT2D eigenvalue weighted by Gasteiger charge is 2.12. The van der Waals surface area contributed by atoms with Crippen molar-refractivity contribution in [1.29, 1.82) is 0 Å². The first kappa shape index (κ1) is 49.2. The monoisotopic (exact) mass is 729 g/mol. The van der Waals surface area contributed by atoms with Crippen LogP contribution >= 0.6 is 10.8 Å². The molecule has 0 aromatic carbocycles. The fourth-order valence-electron chi connectivity index (χ4n) is 6.82. The topological polar surface area (TPSA) is 32.7 Å². The van der Waals surface area contributed by atoms with Crippen LogP contribution in [-0.2, 0) is 15.5 Å². The van der Waals surface area contributed by atoms with E-state index in [2.05, 4.69) is 43.0 Å². The summed E-state index contributed by atoms with van der Waals surface area (Å²) in [5.41, 5.74) is 0. The molecule has 0 rings (SSSR count). The number of allylic oxidation sites excluding steroid dienone is 1. The number of nitrogens with zero attached hydrogens (tertiary/aromatic N) is 1. The van der Waals surface area contributed by atoms with Gasteiger partial charge in [0.05, 0.1) is 29.3 Å². The van der Waals surface area contributed by atoms with Crippen molar-refractivity contribution < 1.29 is 9.84 Å². The number of hydrogen-bond acceptors (Lipinski definition) is 4. The normalized spacial score (nSPS) is 11.7. The van der Waals surface area contributed by atoms with E-state index in [-0.39, 0.29) is 6.61 Å². The molecule has 0 spiro atoms. The third-order valence-electron chi connectivity index (χ3n) is 10.1. The Hall–Kier alpha value is 0.160. The molecule has 0 aliphatic carbocycles. The molecule has 294 valence electrons. The van der Waals surface area contributed by atoms with Gasteiger partial charge in [-0.2, -0.15) is 0 Å². The van der Waals surface area contributed by atoms with Gasteiger partial charge >= 0.3 is 0 Å². The van der Waals surface area contributed by atoms with Gasteiger partial charge in [0.2, 0.25) is 0 Å². The van der Waals surface area contributed by atoms with E-state index < -0.39 is 0 Å². The van der Waals surface area contributed by atoms with Gasteiger partial charge in [-0.3, -0.25) is 0 Å². The highest BCUT2D eigenvalue weighted by atomic mass is 33.1. The summed E-state index contributed by atoms with van der Waals surface area (Å²) >= 11 is 0. The maximum Gasteiger partial charge on any atom is 0.117 e. The van der Waals surface area contributed by atoms with Crippen molar-refractivity contribution in [2.45, 2.75) is 232 Å². The lowest BCUT2D eigenvalue weighted by Crippen LogP contribution is -2.29. The number of hydrogen-bond donors (Lipinski definition) is 1. The first-order valence-electron chi connectivity index (χ1n) is 22.1. The van der Waals surface area contributed by atoms with Gasteiger partial charge in [0.15, 0.2) is 0 Å². The second kappa shape index (κ2) is 42.6. The van der Waals surface area contributed by atoms with Crippen LogP contribution in [0.3, 0.4) is 0 Å². The van der Waals surface area contributed by atoms with E-state index in [1.54, 1.807) is 10.8 Å². The number of ether oxygens (including phenoxy) is 1. The Balaban J connectivity index is 3.87. The van der Waals surface area contributed by atoms with Gasteiger partial charge in [0.25, 0.3) is 0 Å². The van der Waals surface area contributed by atoms with E-state index in [0.717, 1.165) is 31.8 Å². The van der Waals surface area contributed by atoms with E-state index in [9.17, 15) is 5.11 Å². The second-order valence-corrected chi connectivity index (χ2v) is 18.0. The van der Waals surface area contributed by atoms with Crippen molar-refractivity contribution in [2.75, 3.05) is 37.7 Å². The molecule has 0 bridgehead atoms. The summed E-state index contributed by atoms with van der Waals surface area (Å²) in [5.74, 6) is 3.77. The predicted molar refractivity (Wildman–Crippen MR) is 228 cm³/mol. The van der Waals surface area contributed by atoms with E-state index in [1.165, 1.54) is 211 Å². The lowest BCUT2D eigenvalue weighted by atomic mass is 10.0. The molecule has 0 aliphatic heterocycles. The van der Waals surface area contributed by atoms with Crippen molar-refractivity contribution in [2.24, 2.45) is 0 Å². The third kappa shape index (κ3) is 39.2. The molecule has 0 aliphatic rings. The molecular formula is C44H90NO2S2+. The van der Waals surface area contributed by atoms with Gasteiger partial charge < -0.3 is 14.7 Å². The highest BCUT2D eigenvalue weighted by molar-refractivity contribution is 8.66. The Morgan fingerprint density at radius 3 is 1.49 bits per heavy atom. The zero-order valence-corrected chi connectivity index (χ0v) is 35.5. The van der Waals surface area contributed by atoms with Crippen molar-refractivity contribution in [3.8, 4) is 0 Å². The average molecular weight is 729 g/mol. The lowest BCUT2D eigenvalue weighted by Gasteiger charge is -2.21. The molecule has 0 unspecified atom stereocenters. The summed E-state index contributed by atoms with van der Waals surface area (Å²) in [6, 6.07) is 0. The Bertz CT molecular complexity index is 618. The SMILES string of the molecule is C=C(CCCCCCCN(CCO)CCCCCCC[SH+]SCCCCCCCCC)OC(CCCCCCCC)CCCCCCCC. The van der Waals surface area contributed by atoms with Crippen LogP contribution in [0.5, 0.6) is 0 Å². The minimum absolute atomic E-state index is 0.288. The first-order chi connectivity index (χ1) is 24.2. The molecule has 49 heavy (non-hydrogen) atoms. The van der Waals surface area contributed by atoms with Crippen LogP contribution in [0.4, 0.5) is 0 Å². The van der Waals surface area contributed by atoms with Crippen molar-refractivity contribution in [3.05, 3.63) is 12.3 Å². The maximum atomic E-state index is 9.58. The van der Waals surface area contributed by atoms with Gasteiger partial charge in [-0.25, -0.2) is 0 Å². The summed E-state index contributed by atoms with van der Waals surface area (Å²) in [6.07, 6.45) is 43.2. The van der Waals surface area contributed by atoms with Crippen molar-refractivity contribution in [3.63, 3.8) is 0 Å². The van der Waals surface area contributed by atoms with E-state index in [4.69, 9.17) is 4.74 Å². The highest BCUT2D eigenvalue weighted by Crippen LogP contribution is 2.21. The number of unbranched alkanes of at least 4 members (excludes halogenated alkanes) is 24. The molecule has 0 aromatic rings. The van der Waals surface area contributed by atoms with E-state index in [1.807, 2.05) is 0 Å². The van der Waals surface area contributed by atoms with Crippen LogP contribution < -0.4 is 0 Å². The van der Waals surface area contributed by atoms with E-state index >= 15 is 0 Å². The molecule has 0 saturated carbocycles. The quantitative estimate of drug-likeness (QED) is 0.0223. The van der Waals surface area contributed by atoms with Crippen LogP contribution in [0, 0.1) is 0 Å². The predicted octanol–water partition coefficient (Wildman–Crippen LogP) is 14.2. The molecule has 3 nitrogen and oxygen atoms in total. The summed E-state index contributed by atoms with van der Waals surface area (Å²) in [4.78, 5) is 2.50. The molecule has 1 N–H and O–H groups in total. The largest absolute Gasteiger partial charge is 0.495 e. The first-order valence-corrected chi connectivity index (χ1v) is 24.8. The average Bonchev–Trinajstić information content (AvgIpc) is 3.10. The van der Waals surface area contributed by atoms with E-state index in [0.29, 0.717) is 6.10 Å². The number of thiol groups is 1. The molecule has 0 heterocycles. The molecule has 0 amide bonds. The number of aliphatic hydroxyl groups excluding tert-OH is 1. The molecule has 0 fully saturated rings. The van der Waals surface area contributed by atoms with Gasteiger partial charge in [-0.15, -0.1) is 0 Å². The van der Waals surface area contributed by atoms with Crippen LogP contribution in [0.1, 0.15) is 226 Å². The Labute approximate surface area is 317 Å². The maximum absolute atomic E-state index is 9.58. The van der Waals surface area contributed by atoms with Crippen molar-refractivity contribution in [1.82, 2.24) is 4.90 Å². The molecule has 0 atom stereocenters. The minimum atomic E-state index is 0.288. The van der Waals surface area contributed by atoms with Crippen LogP contribution in [0.15, 0.2) is 12.3 Å². The Morgan fingerprint density at radius 1 is 0.551 bits per heavy atom. The smallest absolute Gasteiger partial charge is 0.117 e. The van der Waals surface area contributed by atoms with Gasteiger partial charge in [-0.05, 0) is 77.3 Å². The summed E-state index contributed by atoms with van der Waals surface area (Å²) in [5, 5.41) is 9.58. The molecule has 0 aromatic heterocycles. The lowest BCUT2D eigenvalue weighted by molar-refractivity contribution is 0.0895. The van der Waals surface area contributed by atoms with Gasteiger partial charge in [-0.1, -0.05) is 162 Å². The number of aliphatic hydroxyl groups is 1. The summed E-state index contributed by atoms with van der Waals surface area (Å²) < 4.78 is 6.47. The summed E-state index contributed by atoms with van der Waals surface area (Å²) in [6.45, 7) is 14.7. The van der Waals surface area contributed by atoms with Crippen LogP contribution in [0.2, 0.25) is 0 Å². The minimum Gasteiger partial charge on any atom is -0.495 e. The molecule has 5 heteroatoms. The third-order valence-corrected chi connectivity index (χ3v) is 12.9. The fraction of sp³-hybridized carbons (Fsp3) is 0.955. The van der Waals surface area contributed by atoms with Gasteiger partial charge in [0, 0.05) is 29.5 Å². The molecule has 0 saturated heterocycles. The van der Waals surface area contributed by atoms with Gasteiger partial charge in [0.1, 0.15) is 5.75 Å². The Morgan fingerprint density at radius 2 is 0.980 bits per heavy atom. The molecule has 0 radical (unpaired) electrons. The van der Waals surface area contributed by atoms with Crippen LogP contribution in [-0.4, -0.2) is 53.9 Å². The zero-order chi connectivity index (χ0) is 35.7. The molecular weight excluding hydrogens is 639 g/mol. The second-order valence-electron chi connectivity index (χ2n) is 15.0. The number of rotatable bonds is 43. The Kier molecular flexibility index (Phi) is 42.7. The standard InChI is InChI=1S/C44H89NO2S2/c1-5-8-11-14-17-25-32-41-48-49-42-33-26-19-24-31-38-45(39-40-46)37-30-23-18-20-27-34-43(4)47-44(35-28-21-15-12-9-6-2)36-29-22-16-13-10-7-3/h44,46H,4-42H2,1-3H3/p+1.